The number of aliphatic hydroxyl groups is 15. The van der Waals surface area contributed by atoms with E-state index in [4.69, 9.17) is 61.6 Å². The predicted molar refractivity (Wildman–Crippen MR) is 294 cm³/mol. The summed E-state index contributed by atoms with van der Waals surface area (Å²) in [4.78, 5) is 26.8. The van der Waals surface area contributed by atoms with Gasteiger partial charge < -0.3 is 143 Å². The molecule has 1 unspecified atom stereocenters. The van der Waals surface area contributed by atoms with E-state index in [2.05, 4.69) is 0 Å². The van der Waals surface area contributed by atoms with Crippen LogP contribution in [0.15, 0.2) is 108 Å². The number of benzene rings is 3. The third-order valence-electron chi connectivity index (χ3n) is 14.9. The summed E-state index contributed by atoms with van der Waals surface area (Å²) in [5, 5.41) is 170. The molecule has 20 atom stereocenters. The van der Waals surface area contributed by atoms with Crippen molar-refractivity contribution in [3.05, 3.63) is 125 Å². The fourth-order valence-electron chi connectivity index (χ4n) is 9.96. The van der Waals surface area contributed by atoms with E-state index in [0.717, 1.165) is 30.4 Å². The predicted octanol–water partition coefficient (Wildman–Crippen LogP) is -3.53. The average Bonchev–Trinajstić information content (AvgIpc) is 2.84. The lowest BCUT2D eigenvalue weighted by Gasteiger charge is -2.45. The van der Waals surface area contributed by atoms with E-state index < -0.39 is 178 Å². The van der Waals surface area contributed by atoms with Gasteiger partial charge in [-0.25, -0.2) is 9.59 Å². The standard InChI is InChI=1S/C58H66O31/c1-77-34-13-24(14-35(78-2)43(34)68)6-12-41(66)88-53-42(67)31(64)21-80-57(53)89-54-49(74)46(71)39(22-79-40(65)11-5-23-3-8-27(9-4-23)81-55-50(75)47(72)44(69)37(19-59)85-55)87-58(54)84-36-18-28-32(82-52(36)25-7-10-29(62)30(63)15-25)16-26(61)17-33(28)83-56-51(76)48(73)45(70)38(20-60)86-56/h3-18,31-32,37-39,42,44-51,53-64,67-76H,19-22H2,1-2H3/p+1/b11-5+,12-6+/t31-,32?,37+,38-,39+,42+,44+,45-,46+,47-,48+,49-,50+,51-,53-,54+,55+,56-,57+,58+/m1/s1. The monoisotopic (exact) mass is 1260 g/mol. The van der Waals surface area contributed by atoms with Crippen LogP contribution < -0.4 is 14.2 Å². The molecule has 1 aliphatic carbocycles. The number of methoxy groups -OCH3 is 2. The van der Waals surface area contributed by atoms with Crippen LogP contribution in [0.1, 0.15) is 16.7 Å². The number of fused-ring (bicyclic) bond motifs is 1. The molecule has 9 rings (SSSR count). The van der Waals surface area contributed by atoms with Crippen LogP contribution in [0.4, 0.5) is 0 Å². The summed E-state index contributed by atoms with van der Waals surface area (Å²) in [6.45, 7) is -3.00. The minimum atomic E-state index is -2.16. The maximum absolute atomic E-state index is 13.5. The Hall–Kier alpha value is -7.64. The molecular formula is C58H67O31+. The first kappa shape index (κ1) is 65.8. The Balaban J connectivity index is 1.01. The van der Waals surface area contributed by atoms with Crippen LogP contribution in [0.25, 0.3) is 17.9 Å². The second kappa shape index (κ2) is 28.5. The van der Waals surface area contributed by atoms with Gasteiger partial charge in [0.2, 0.25) is 36.5 Å². The van der Waals surface area contributed by atoms with E-state index in [9.17, 15) is 91.3 Å². The summed E-state index contributed by atoms with van der Waals surface area (Å²) in [5.74, 6) is -4.96. The van der Waals surface area contributed by atoms with Gasteiger partial charge >= 0.3 is 17.7 Å². The zero-order chi connectivity index (χ0) is 64.1. The molecule has 3 aromatic carbocycles. The fourth-order valence-corrected chi connectivity index (χ4v) is 9.96. The number of hydrogen-bond acceptors (Lipinski definition) is 30. The number of ether oxygens (including phenoxy) is 13. The van der Waals surface area contributed by atoms with Crippen molar-refractivity contribution in [3.8, 4) is 34.5 Å². The highest BCUT2D eigenvalue weighted by Gasteiger charge is 2.53. The number of aliphatic hydroxyl groups excluding tert-OH is 13. The smallest absolute Gasteiger partial charge is 0.331 e. The lowest BCUT2D eigenvalue weighted by atomic mass is 9.96. The molecule has 0 spiro atoms. The number of hydrogen-bond donors (Lipinski definition) is 16. The number of esters is 2. The van der Waals surface area contributed by atoms with Gasteiger partial charge in [-0.2, -0.15) is 0 Å². The second-order valence-electron chi connectivity index (χ2n) is 20.9. The molecule has 0 bridgehead atoms. The Bertz CT molecular complexity index is 3150. The minimum Gasteiger partial charge on any atom is -0.571 e. The molecule has 484 valence electrons. The van der Waals surface area contributed by atoms with Crippen LogP contribution in [-0.4, -0.2) is 262 Å². The SMILES string of the molecule is COc1cc(/C=C/C(=O)O[C@H]2[C@H](O[C@@H]3[C@@H](OC4=C(c5ccc(O)c(O)c5)[OH+]C5C=C(O)C=C(O[C@@H]6O[C@H](CO)[C@@H](O)[C@H](O)[C@H]6O)C5=C4)O[C@@H](COC(=O)/C=C/c4ccc(O[C@H]5O[C@@H](CO)[C@H](O)[C@@H](O)[C@@H]5O)cc4)[C@H](O)[C@H]3O)OC[C@@H](O)[C@@H]2O)cc(OC)c1O. The van der Waals surface area contributed by atoms with Gasteiger partial charge in [-0.1, -0.05) is 12.1 Å². The molecule has 0 radical (unpaired) electrons. The summed E-state index contributed by atoms with van der Waals surface area (Å²) >= 11 is 0. The molecule has 4 fully saturated rings. The van der Waals surface area contributed by atoms with Crippen molar-refractivity contribution in [2.45, 2.75) is 123 Å². The van der Waals surface area contributed by atoms with Crippen molar-refractivity contribution >= 4 is 29.8 Å². The van der Waals surface area contributed by atoms with Crippen LogP contribution in [0.3, 0.4) is 0 Å². The lowest BCUT2D eigenvalue weighted by Crippen LogP contribution is -2.63. The topological polar surface area (TPSA) is 481 Å². The summed E-state index contributed by atoms with van der Waals surface area (Å²) < 4.78 is 73.4. The van der Waals surface area contributed by atoms with Gasteiger partial charge in [0.05, 0.1) is 51.3 Å². The zero-order valence-electron chi connectivity index (χ0n) is 46.9. The third-order valence-corrected chi connectivity index (χ3v) is 14.9. The largest absolute Gasteiger partial charge is 0.571 e. The maximum atomic E-state index is 13.5. The van der Waals surface area contributed by atoms with Crippen molar-refractivity contribution in [3.63, 3.8) is 0 Å². The van der Waals surface area contributed by atoms with Crippen LogP contribution in [0.2, 0.25) is 0 Å². The van der Waals surface area contributed by atoms with Crippen LogP contribution in [-0.2, 0) is 52.2 Å². The number of carbonyl (C=O) groups is 2. The Labute approximate surface area is 503 Å². The molecule has 6 aliphatic rings. The van der Waals surface area contributed by atoms with E-state index in [1.54, 1.807) is 0 Å². The first-order valence-electron chi connectivity index (χ1n) is 27.4. The van der Waals surface area contributed by atoms with Crippen molar-refractivity contribution in [2.24, 2.45) is 0 Å². The normalized spacial score (nSPS) is 33.9. The molecule has 3 aromatic rings. The number of rotatable bonds is 20. The van der Waals surface area contributed by atoms with Gasteiger partial charge in [-0.05, 0) is 59.7 Å². The van der Waals surface area contributed by atoms with E-state index in [1.807, 2.05) is 0 Å². The van der Waals surface area contributed by atoms with Crippen molar-refractivity contribution in [1.29, 1.82) is 0 Å². The lowest BCUT2D eigenvalue weighted by molar-refractivity contribution is -0.351. The molecule has 31 nitrogen and oxygen atoms in total. The second-order valence-corrected chi connectivity index (χ2v) is 20.9. The zero-order valence-corrected chi connectivity index (χ0v) is 46.9. The number of phenols is 3. The molecule has 4 saturated heterocycles. The Morgan fingerprint density at radius 1 is 0.596 bits per heavy atom. The number of phenolic OH excluding ortho intramolecular Hbond substituents is 3. The summed E-state index contributed by atoms with van der Waals surface area (Å²) in [6.07, 6.45) is -27.3. The van der Waals surface area contributed by atoms with E-state index >= 15 is 0 Å². The molecule has 5 aliphatic heterocycles. The minimum absolute atomic E-state index is 0.000513. The summed E-state index contributed by atoms with van der Waals surface area (Å²) in [7, 11) is 2.56. The maximum Gasteiger partial charge on any atom is 0.331 e. The highest BCUT2D eigenvalue weighted by atomic mass is 16.8. The van der Waals surface area contributed by atoms with Gasteiger partial charge in [0, 0.05) is 30.4 Å². The molecule has 0 amide bonds. The molecule has 17 N–H and O–H groups in total. The van der Waals surface area contributed by atoms with Crippen molar-refractivity contribution in [1.82, 2.24) is 0 Å². The van der Waals surface area contributed by atoms with E-state index in [1.165, 1.54) is 81.0 Å². The molecule has 0 saturated carbocycles. The highest BCUT2D eigenvalue weighted by molar-refractivity contribution is 5.88. The Morgan fingerprint density at radius 3 is 1.81 bits per heavy atom. The van der Waals surface area contributed by atoms with Crippen LogP contribution in [0.5, 0.6) is 34.5 Å². The van der Waals surface area contributed by atoms with Gasteiger partial charge in [-0.3, -0.25) is 0 Å². The first-order valence-corrected chi connectivity index (χ1v) is 27.4. The molecule has 0 aromatic heterocycles. The fraction of sp³-hybridized carbons (Fsp3) is 0.448. The van der Waals surface area contributed by atoms with Crippen LogP contribution >= 0.6 is 0 Å². The third kappa shape index (κ3) is 14.7. The molecule has 5 heterocycles. The van der Waals surface area contributed by atoms with Crippen molar-refractivity contribution < 1.29 is 153 Å². The van der Waals surface area contributed by atoms with Gasteiger partial charge in [0.1, 0.15) is 103 Å². The summed E-state index contributed by atoms with van der Waals surface area (Å²) in [6, 6.07) is 12.0. The van der Waals surface area contributed by atoms with Gasteiger partial charge in [-0.15, -0.1) is 0 Å². The quantitative estimate of drug-likeness (QED) is 0.0226. The number of aromatic hydroxyl groups is 3. The van der Waals surface area contributed by atoms with E-state index in [-0.39, 0.29) is 57.0 Å². The van der Waals surface area contributed by atoms with Gasteiger partial charge in [0.15, 0.2) is 41.5 Å². The molecular weight excluding hydrogens is 1190 g/mol. The Morgan fingerprint density at radius 2 is 1.19 bits per heavy atom. The molecule has 31 heteroatoms. The summed E-state index contributed by atoms with van der Waals surface area (Å²) in [5.41, 5.74) is 0.674. The number of allylic oxidation sites excluding steroid dienone is 2. The first-order chi connectivity index (χ1) is 42.5. The average molecular weight is 1260 g/mol. The van der Waals surface area contributed by atoms with Gasteiger partial charge in [0.25, 0.3) is 0 Å². The number of carbonyl (C=O) groups excluding carboxylic acids is 2. The van der Waals surface area contributed by atoms with Crippen molar-refractivity contribution in [2.75, 3.05) is 40.6 Å². The van der Waals surface area contributed by atoms with E-state index in [0.29, 0.717) is 5.56 Å². The Kier molecular flexibility index (Phi) is 21.0. The van der Waals surface area contributed by atoms with Crippen LogP contribution in [0, 0.1) is 0 Å². The molecule has 89 heavy (non-hydrogen) atoms. The highest BCUT2D eigenvalue weighted by Crippen LogP contribution is 2.42.